The number of carbonyl (C=O) groups is 1. The van der Waals surface area contributed by atoms with E-state index in [1.165, 1.54) is 0 Å². The zero-order valence-electron chi connectivity index (χ0n) is 8.37. The number of hydrogen-bond donors (Lipinski definition) is 1. The van der Waals surface area contributed by atoms with Crippen molar-refractivity contribution in [1.29, 1.82) is 0 Å². The molecule has 0 amide bonds. The number of anilines is 1. The van der Waals surface area contributed by atoms with E-state index in [1.807, 2.05) is 31.2 Å². The molecule has 0 saturated carbocycles. The lowest BCUT2D eigenvalue weighted by Crippen LogP contribution is -2.18. The Kier molecular flexibility index (Phi) is 1.57. The molecule has 1 aliphatic heterocycles. The zero-order valence-corrected chi connectivity index (χ0v) is 8.37. The van der Waals surface area contributed by atoms with Crippen LogP contribution < -0.4 is 5.32 Å². The second kappa shape index (κ2) is 2.79. The molecule has 0 spiro atoms. The Hall–Kier alpha value is -1.90. The Balaban J connectivity index is 2.33. The van der Waals surface area contributed by atoms with Crippen LogP contribution >= 0.6 is 0 Å². The van der Waals surface area contributed by atoms with Gasteiger partial charge in [-0.05, 0) is 13.0 Å². The van der Waals surface area contributed by atoms with Gasteiger partial charge in [-0.1, -0.05) is 18.2 Å². The Morgan fingerprint density at radius 3 is 3.13 bits per heavy atom. The van der Waals surface area contributed by atoms with Crippen LogP contribution in [0, 0.1) is 0 Å². The van der Waals surface area contributed by atoms with Crippen molar-refractivity contribution in [2.45, 2.75) is 13.3 Å². The molecule has 1 N–H and O–H groups in total. The van der Waals surface area contributed by atoms with Crippen molar-refractivity contribution in [3.05, 3.63) is 35.4 Å². The molecule has 1 aromatic rings. The van der Waals surface area contributed by atoms with Crippen LogP contribution in [0.5, 0.6) is 0 Å². The number of carbonyl (C=O) groups excluding carboxylic acids is 1. The lowest BCUT2D eigenvalue weighted by Gasteiger charge is -2.23. The molecule has 1 aromatic carbocycles. The molecule has 0 radical (unpaired) electrons. The number of benzene rings is 1. The van der Waals surface area contributed by atoms with Crippen LogP contribution in [0.4, 0.5) is 5.69 Å². The maximum Gasteiger partial charge on any atom is 0.167 e. The highest BCUT2D eigenvalue weighted by Gasteiger charge is 2.24. The predicted molar refractivity (Wildman–Crippen MR) is 60.1 cm³/mol. The number of rotatable bonds is 0. The van der Waals surface area contributed by atoms with Crippen molar-refractivity contribution in [1.82, 2.24) is 0 Å². The lowest BCUT2D eigenvalue weighted by atomic mass is 9.91. The van der Waals surface area contributed by atoms with Crippen molar-refractivity contribution < 1.29 is 4.79 Å². The van der Waals surface area contributed by atoms with Crippen LogP contribution in [0.15, 0.2) is 29.3 Å². The molecule has 3 nitrogen and oxygen atoms in total. The average Bonchev–Trinajstić information content (AvgIpc) is 2.23. The number of hydrogen-bond acceptors (Lipinski definition) is 3. The summed E-state index contributed by atoms with van der Waals surface area (Å²) < 4.78 is 0. The van der Waals surface area contributed by atoms with Gasteiger partial charge in [0.25, 0.3) is 0 Å². The number of Topliss-reactive ketones (excluding diaryl/α,β-unsaturated/α-hetero) is 1. The predicted octanol–water partition coefficient (Wildman–Crippen LogP) is 2.46. The van der Waals surface area contributed by atoms with E-state index in [0.29, 0.717) is 6.42 Å². The van der Waals surface area contributed by atoms with E-state index in [1.54, 1.807) is 0 Å². The van der Waals surface area contributed by atoms with Gasteiger partial charge in [0.05, 0.1) is 5.70 Å². The van der Waals surface area contributed by atoms with Gasteiger partial charge in [-0.25, -0.2) is 4.99 Å². The highest BCUT2D eigenvalue weighted by atomic mass is 16.1. The highest BCUT2D eigenvalue weighted by Crippen LogP contribution is 2.35. The van der Waals surface area contributed by atoms with E-state index in [0.717, 1.165) is 28.3 Å². The molecule has 0 atom stereocenters. The van der Waals surface area contributed by atoms with Gasteiger partial charge in [-0.2, -0.15) is 0 Å². The lowest BCUT2D eigenvalue weighted by molar-refractivity contribution is 0.0994. The Morgan fingerprint density at radius 2 is 2.27 bits per heavy atom. The number of aliphatic imine (C=N–C) groups is 1. The monoisotopic (exact) mass is 198 g/mol. The molecule has 15 heavy (non-hydrogen) atoms. The first-order chi connectivity index (χ1) is 7.25. The Morgan fingerprint density at radius 1 is 1.40 bits per heavy atom. The zero-order chi connectivity index (χ0) is 10.4. The summed E-state index contributed by atoms with van der Waals surface area (Å²) in [6, 6.07) is 5.75. The van der Waals surface area contributed by atoms with Gasteiger partial charge in [0, 0.05) is 23.2 Å². The molecule has 2 aliphatic rings. The number of nitrogens with one attached hydrogen (secondary N) is 1. The fourth-order valence-corrected chi connectivity index (χ4v) is 2.07. The van der Waals surface area contributed by atoms with Crippen LogP contribution in [0.3, 0.4) is 0 Å². The van der Waals surface area contributed by atoms with Gasteiger partial charge in [-0.3, -0.25) is 4.79 Å². The van der Waals surface area contributed by atoms with E-state index >= 15 is 0 Å². The van der Waals surface area contributed by atoms with Gasteiger partial charge >= 0.3 is 0 Å². The second-order valence-corrected chi connectivity index (χ2v) is 3.77. The molecule has 0 aromatic heterocycles. The summed E-state index contributed by atoms with van der Waals surface area (Å²) in [4.78, 5) is 16.1. The summed E-state index contributed by atoms with van der Waals surface area (Å²) in [6.45, 7) is 1.92. The maximum atomic E-state index is 11.7. The quantitative estimate of drug-likeness (QED) is 0.695. The minimum Gasteiger partial charge on any atom is -0.343 e. The van der Waals surface area contributed by atoms with E-state index in [4.69, 9.17) is 0 Å². The topological polar surface area (TPSA) is 41.5 Å². The fourth-order valence-electron chi connectivity index (χ4n) is 2.07. The Labute approximate surface area is 87.5 Å². The summed E-state index contributed by atoms with van der Waals surface area (Å²) in [5.74, 6) is 1.05. The molecule has 1 aliphatic carbocycles. The third-order valence-electron chi connectivity index (χ3n) is 2.71. The van der Waals surface area contributed by atoms with Crippen molar-refractivity contribution in [2.24, 2.45) is 4.99 Å². The van der Waals surface area contributed by atoms with E-state index in [2.05, 4.69) is 10.3 Å². The first kappa shape index (κ1) is 8.41. The molecule has 3 rings (SSSR count). The second-order valence-electron chi connectivity index (χ2n) is 3.77. The largest absolute Gasteiger partial charge is 0.343 e. The first-order valence-electron chi connectivity index (χ1n) is 4.95. The van der Waals surface area contributed by atoms with Crippen LogP contribution in [0.25, 0.3) is 5.70 Å². The third-order valence-corrected chi connectivity index (χ3v) is 2.71. The molecule has 1 heterocycles. The molecule has 0 bridgehead atoms. The third kappa shape index (κ3) is 1.13. The van der Waals surface area contributed by atoms with Crippen molar-refractivity contribution in [3.8, 4) is 0 Å². The van der Waals surface area contributed by atoms with Crippen LogP contribution in [0.2, 0.25) is 0 Å². The fraction of sp³-hybridized carbons (Fsp3) is 0.167. The molecule has 0 fully saturated rings. The van der Waals surface area contributed by atoms with Crippen LogP contribution in [0.1, 0.15) is 29.3 Å². The number of nitrogens with zero attached hydrogens (tertiary/aromatic N) is 1. The average molecular weight is 198 g/mol. The van der Waals surface area contributed by atoms with Gasteiger partial charge in [0.2, 0.25) is 0 Å². The van der Waals surface area contributed by atoms with E-state index in [9.17, 15) is 4.79 Å². The standard InChI is InChI=1S/C12H10N2O/c1-7-13-9-4-2-3-8-11(15)6-5-10(14-7)12(8)9/h2-5H,6H2,1H3,(H,13,14). The maximum absolute atomic E-state index is 11.7. The van der Waals surface area contributed by atoms with E-state index < -0.39 is 0 Å². The number of allylic oxidation sites excluding steroid dienone is 1. The number of amidine groups is 1. The summed E-state index contributed by atoms with van der Waals surface area (Å²) in [7, 11) is 0. The molecule has 0 unspecified atom stereocenters. The van der Waals surface area contributed by atoms with Crippen molar-refractivity contribution in [3.63, 3.8) is 0 Å². The van der Waals surface area contributed by atoms with E-state index in [-0.39, 0.29) is 5.78 Å². The van der Waals surface area contributed by atoms with Crippen LogP contribution in [-0.4, -0.2) is 11.6 Å². The van der Waals surface area contributed by atoms with Gasteiger partial charge in [-0.15, -0.1) is 0 Å². The first-order valence-corrected chi connectivity index (χ1v) is 4.95. The van der Waals surface area contributed by atoms with Crippen LogP contribution in [-0.2, 0) is 0 Å². The minimum absolute atomic E-state index is 0.173. The smallest absolute Gasteiger partial charge is 0.167 e. The van der Waals surface area contributed by atoms with Gasteiger partial charge < -0.3 is 5.32 Å². The Bertz CT molecular complexity index is 526. The minimum atomic E-state index is 0.173. The molecule has 3 heteroatoms. The summed E-state index contributed by atoms with van der Waals surface area (Å²) in [5.41, 5.74) is 3.66. The molecular weight excluding hydrogens is 188 g/mol. The normalized spacial score (nSPS) is 17.5. The molecular formula is C12H10N2O. The van der Waals surface area contributed by atoms with Crippen molar-refractivity contribution in [2.75, 3.05) is 5.32 Å². The number of ketones is 1. The van der Waals surface area contributed by atoms with Gasteiger partial charge in [0.15, 0.2) is 5.78 Å². The summed E-state index contributed by atoms with van der Waals surface area (Å²) in [5, 5.41) is 3.18. The summed E-state index contributed by atoms with van der Waals surface area (Å²) in [6.07, 6.45) is 2.36. The summed E-state index contributed by atoms with van der Waals surface area (Å²) >= 11 is 0. The SMILES string of the molecule is CC1=NC2=CCC(=O)c3cccc(c32)N1. The highest BCUT2D eigenvalue weighted by molar-refractivity contribution is 6.12. The molecule has 0 saturated heterocycles. The molecule has 74 valence electrons. The van der Waals surface area contributed by atoms with Gasteiger partial charge in [0.1, 0.15) is 5.84 Å². The van der Waals surface area contributed by atoms with Crippen molar-refractivity contribution >= 4 is 23.0 Å².